The number of nitrogens with one attached hydrogen (secondary N) is 1. The van der Waals surface area contributed by atoms with Crippen molar-refractivity contribution in [1.82, 2.24) is 10.2 Å². The standard InChI is InChI=1S/C25H29Cl3N2O3/c1-2-23(25(32)29-20-6-4-3-5-7-20)30(15-17-8-9-19(27)14-22(17)28)24(31)16-33-21-12-10-18(26)11-13-21/h8-14,20,23H,2-7,15-16H2,1H3,(H,29,32). The van der Waals surface area contributed by atoms with Crippen LogP contribution in [0.3, 0.4) is 0 Å². The lowest BCUT2D eigenvalue weighted by molar-refractivity contribution is -0.143. The van der Waals surface area contributed by atoms with E-state index in [-0.39, 0.29) is 31.0 Å². The number of halogens is 3. The Hall–Kier alpha value is -1.95. The number of hydrogen-bond acceptors (Lipinski definition) is 3. The lowest BCUT2D eigenvalue weighted by Crippen LogP contribution is -2.52. The Labute approximate surface area is 210 Å². The number of hydrogen-bond donors (Lipinski definition) is 1. The van der Waals surface area contributed by atoms with Crippen LogP contribution >= 0.6 is 34.8 Å². The van der Waals surface area contributed by atoms with Gasteiger partial charge in [0.05, 0.1) is 0 Å². The van der Waals surface area contributed by atoms with Gasteiger partial charge in [-0.25, -0.2) is 0 Å². The quantitative estimate of drug-likeness (QED) is 0.431. The molecule has 1 unspecified atom stereocenters. The second kappa shape index (κ2) is 12.5. The first-order valence-corrected chi connectivity index (χ1v) is 12.4. The lowest BCUT2D eigenvalue weighted by atomic mass is 9.95. The molecule has 33 heavy (non-hydrogen) atoms. The van der Waals surface area contributed by atoms with Crippen molar-refractivity contribution in [3.05, 3.63) is 63.1 Å². The van der Waals surface area contributed by atoms with Crippen LogP contribution in [0.15, 0.2) is 42.5 Å². The fraction of sp³-hybridized carbons (Fsp3) is 0.440. The van der Waals surface area contributed by atoms with Gasteiger partial charge in [0, 0.05) is 27.7 Å². The highest BCUT2D eigenvalue weighted by atomic mass is 35.5. The normalized spacial score (nSPS) is 15.0. The van der Waals surface area contributed by atoms with E-state index in [0.29, 0.717) is 32.8 Å². The van der Waals surface area contributed by atoms with Gasteiger partial charge in [-0.2, -0.15) is 0 Å². The molecule has 1 N–H and O–H groups in total. The van der Waals surface area contributed by atoms with Crippen molar-refractivity contribution >= 4 is 46.6 Å². The summed E-state index contributed by atoms with van der Waals surface area (Å²) in [5, 5.41) is 4.69. The predicted molar refractivity (Wildman–Crippen MR) is 133 cm³/mol. The van der Waals surface area contributed by atoms with Crippen LogP contribution in [0, 0.1) is 0 Å². The first kappa shape index (κ1) is 25.7. The van der Waals surface area contributed by atoms with Crippen molar-refractivity contribution in [2.45, 2.75) is 64.1 Å². The van der Waals surface area contributed by atoms with Gasteiger partial charge in [-0.3, -0.25) is 9.59 Å². The molecule has 2 aromatic carbocycles. The zero-order valence-electron chi connectivity index (χ0n) is 18.7. The van der Waals surface area contributed by atoms with Gasteiger partial charge in [0.15, 0.2) is 6.61 Å². The van der Waals surface area contributed by atoms with Gasteiger partial charge in [0.1, 0.15) is 11.8 Å². The van der Waals surface area contributed by atoms with Gasteiger partial charge in [-0.1, -0.05) is 67.1 Å². The van der Waals surface area contributed by atoms with E-state index in [1.165, 1.54) is 6.42 Å². The summed E-state index contributed by atoms with van der Waals surface area (Å²) < 4.78 is 5.68. The molecule has 0 aromatic heterocycles. The summed E-state index contributed by atoms with van der Waals surface area (Å²) >= 11 is 18.3. The highest BCUT2D eigenvalue weighted by molar-refractivity contribution is 6.35. The molecule has 3 rings (SSSR count). The highest BCUT2D eigenvalue weighted by Gasteiger charge is 2.31. The highest BCUT2D eigenvalue weighted by Crippen LogP contribution is 2.25. The maximum absolute atomic E-state index is 13.3. The van der Waals surface area contributed by atoms with Crippen LogP contribution in [0.2, 0.25) is 15.1 Å². The van der Waals surface area contributed by atoms with E-state index in [4.69, 9.17) is 39.5 Å². The Balaban J connectivity index is 1.77. The second-order valence-electron chi connectivity index (χ2n) is 8.27. The van der Waals surface area contributed by atoms with Crippen LogP contribution in [0.25, 0.3) is 0 Å². The molecule has 0 bridgehead atoms. The molecule has 2 amide bonds. The lowest BCUT2D eigenvalue weighted by Gasteiger charge is -2.33. The Morgan fingerprint density at radius 3 is 2.33 bits per heavy atom. The average molecular weight is 512 g/mol. The van der Waals surface area contributed by atoms with Crippen LogP contribution in [-0.2, 0) is 16.1 Å². The Kier molecular flexibility index (Phi) is 9.72. The minimum Gasteiger partial charge on any atom is -0.484 e. The molecule has 0 saturated heterocycles. The maximum Gasteiger partial charge on any atom is 0.261 e. The van der Waals surface area contributed by atoms with E-state index >= 15 is 0 Å². The molecule has 2 aromatic rings. The van der Waals surface area contributed by atoms with Crippen molar-refractivity contribution in [3.63, 3.8) is 0 Å². The van der Waals surface area contributed by atoms with E-state index in [9.17, 15) is 9.59 Å². The van der Waals surface area contributed by atoms with Crippen molar-refractivity contribution in [1.29, 1.82) is 0 Å². The van der Waals surface area contributed by atoms with E-state index in [1.54, 1.807) is 47.4 Å². The Morgan fingerprint density at radius 2 is 1.70 bits per heavy atom. The molecule has 0 radical (unpaired) electrons. The molecule has 0 spiro atoms. The van der Waals surface area contributed by atoms with Gasteiger partial charge < -0.3 is 15.0 Å². The van der Waals surface area contributed by atoms with Crippen LogP contribution in [-0.4, -0.2) is 35.4 Å². The summed E-state index contributed by atoms with van der Waals surface area (Å²) in [6.07, 6.45) is 5.83. The second-order valence-corrected chi connectivity index (χ2v) is 9.55. The Morgan fingerprint density at radius 1 is 1.03 bits per heavy atom. The van der Waals surface area contributed by atoms with Crippen LogP contribution in [0.5, 0.6) is 5.75 Å². The van der Waals surface area contributed by atoms with E-state index in [1.807, 2.05) is 6.92 Å². The zero-order valence-corrected chi connectivity index (χ0v) is 20.9. The number of benzene rings is 2. The summed E-state index contributed by atoms with van der Waals surface area (Å²) in [4.78, 5) is 28.0. The average Bonchev–Trinajstić information content (AvgIpc) is 2.80. The molecular formula is C25H29Cl3N2O3. The minimum absolute atomic E-state index is 0.144. The van der Waals surface area contributed by atoms with Gasteiger partial charge in [-0.15, -0.1) is 0 Å². The molecule has 178 valence electrons. The Bertz CT molecular complexity index is 946. The number of nitrogens with zero attached hydrogens (tertiary/aromatic N) is 1. The number of amides is 2. The SMILES string of the molecule is CCC(C(=O)NC1CCCCC1)N(Cc1ccc(Cl)cc1Cl)C(=O)COc1ccc(Cl)cc1. The third-order valence-corrected chi connectivity index (χ3v) is 6.71. The van der Waals surface area contributed by atoms with E-state index < -0.39 is 6.04 Å². The maximum atomic E-state index is 13.3. The van der Waals surface area contributed by atoms with Crippen LogP contribution in [0.4, 0.5) is 0 Å². The van der Waals surface area contributed by atoms with Crippen molar-refractivity contribution in [3.8, 4) is 5.75 Å². The molecule has 1 aliphatic carbocycles. The van der Waals surface area contributed by atoms with Gasteiger partial charge in [0.2, 0.25) is 5.91 Å². The number of carbonyl (C=O) groups is 2. The number of rotatable bonds is 9. The molecule has 1 saturated carbocycles. The smallest absolute Gasteiger partial charge is 0.261 e. The molecular weight excluding hydrogens is 483 g/mol. The minimum atomic E-state index is -0.639. The van der Waals surface area contributed by atoms with E-state index in [2.05, 4.69) is 5.32 Å². The van der Waals surface area contributed by atoms with Gasteiger partial charge in [0.25, 0.3) is 5.91 Å². The van der Waals surface area contributed by atoms with Crippen molar-refractivity contribution in [2.75, 3.05) is 6.61 Å². The fourth-order valence-electron chi connectivity index (χ4n) is 4.06. The van der Waals surface area contributed by atoms with Crippen LogP contribution < -0.4 is 10.1 Å². The molecule has 1 atom stereocenters. The first-order chi connectivity index (χ1) is 15.9. The fourth-order valence-corrected chi connectivity index (χ4v) is 4.65. The number of ether oxygens (including phenoxy) is 1. The van der Waals surface area contributed by atoms with Gasteiger partial charge >= 0.3 is 0 Å². The summed E-state index contributed by atoms with van der Waals surface area (Å²) in [7, 11) is 0. The predicted octanol–water partition coefficient (Wildman–Crippen LogP) is 6.28. The molecule has 0 aliphatic heterocycles. The summed E-state index contributed by atoms with van der Waals surface area (Å²) in [5.74, 6) is 0.0767. The molecule has 8 heteroatoms. The third-order valence-electron chi connectivity index (χ3n) is 5.87. The summed E-state index contributed by atoms with van der Waals surface area (Å²) in [5.41, 5.74) is 0.713. The largest absolute Gasteiger partial charge is 0.484 e. The summed E-state index contributed by atoms with van der Waals surface area (Å²) in [6.45, 7) is 1.87. The molecule has 5 nitrogen and oxygen atoms in total. The molecule has 0 heterocycles. The first-order valence-electron chi connectivity index (χ1n) is 11.3. The summed E-state index contributed by atoms with van der Waals surface area (Å²) in [6, 6.07) is 11.4. The number of carbonyl (C=O) groups excluding carboxylic acids is 2. The zero-order chi connectivity index (χ0) is 23.8. The van der Waals surface area contributed by atoms with Crippen molar-refractivity contribution < 1.29 is 14.3 Å². The van der Waals surface area contributed by atoms with Crippen molar-refractivity contribution in [2.24, 2.45) is 0 Å². The topological polar surface area (TPSA) is 58.6 Å². The third kappa shape index (κ3) is 7.53. The molecule has 1 aliphatic rings. The van der Waals surface area contributed by atoms with Crippen LogP contribution in [0.1, 0.15) is 51.0 Å². The van der Waals surface area contributed by atoms with E-state index in [0.717, 1.165) is 25.7 Å². The van der Waals surface area contributed by atoms with Gasteiger partial charge in [-0.05, 0) is 61.2 Å². The molecule has 1 fully saturated rings. The monoisotopic (exact) mass is 510 g/mol.